The molecule has 5 rings (SSSR count). The van der Waals surface area contributed by atoms with Gasteiger partial charge in [-0.3, -0.25) is 4.79 Å². The van der Waals surface area contributed by atoms with E-state index < -0.39 is 29.6 Å². The number of ether oxygens (including phenoxy) is 2. The van der Waals surface area contributed by atoms with Crippen LogP contribution < -0.4 is 14.8 Å². The highest BCUT2D eigenvalue weighted by Crippen LogP contribution is 2.29. The maximum absolute atomic E-state index is 13.7. The standard InChI is InChI=1S/C19H21FN2O3S.C13H10FNO3S/c1-26-16-7-3-6-15(10-16)25-19-17(8-12(20)11-21-19)18(24)22-13-4-2-5-14(23)9-13;1-19-10-4-2-3-9(6-10)18-12-11(13(16)17)5-8(14)7-15-12/h3,6-8,10-11,13-14,23H,2,4-5,9H2,1H3,(H,22,24);2-7H,1H3,(H,16,17). The Hall–Kier alpha value is -4.20. The molecule has 0 radical (unpaired) electrons. The Morgan fingerprint density at radius 3 is 1.89 bits per heavy atom. The zero-order chi connectivity index (χ0) is 32.3. The number of nitrogens with one attached hydrogen (secondary N) is 1. The summed E-state index contributed by atoms with van der Waals surface area (Å²) in [5.74, 6) is -2.17. The van der Waals surface area contributed by atoms with Crippen LogP contribution in [0.25, 0.3) is 0 Å². The first kappa shape index (κ1) is 33.7. The number of halogens is 2. The van der Waals surface area contributed by atoms with Gasteiger partial charge >= 0.3 is 5.97 Å². The quantitative estimate of drug-likeness (QED) is 0.159. The number of rotatable bonds is 9. The molecule has 9 nitrogen and oxygen atoms in total. The fourth-order valence-electron chi connectivity index (χ4n) is 4.44. The second-order valence-corrected chi connectivity index (χ2v) is 11.6. The van der Waals surface area contributed by atoms with Gasteiger partial charge in [-0.25, -0.2) is 23.5 Å². The van der Waals surface area contributed by atoms with Crippen LogP contribution in [0.4, 0.5) is 8.78 Å². The van der Waals surface area contributed by atoms with Crippen molar-refractivity contribution in [2.45, 2.75) is 47.6 Å². The number of aromatic carboxylic acids is 1. The van der Waals surface area contributed by atoms with Gasteiger partial charge in [-0.2, -0.15) is 0 Å². The number of nitrogens with zero attached hydrogens (tertiary/aromatic N) is 2. The summed E-state index contributed by atoms with van der Waals surface area (Å²) in [7, 11) is 0. The second-order valence-electron chi connectivity index (χ2n) is 9.87. The molecule has 45 heavy (non-hydrogen) atoms. The molecule has 4 aromatic rings. The third-order valence-corrected chi connectivity index (χ3v) is 8.05. The van der Waals surface area contributed by atoms with Crippen LogP contribution in [0.1, 0.15) is 46.4 Å². The normalized spacial score (nSPS) is 15.8. The molecule has 2 aromatic heterocycles. The summed E-state index contributed by atoms with van der Waals surface area (Å²) in [4.78, 5) is 33.2. The Labute approximate surface area is 267 Å². The van der Waals surface area contributed by atoms with Crippen LogP contribution in [0, 0.1) is 11.6 Å². The van der Waals surface area contributed by atoms with Crippen LogP contribution in [-0.4, -0.2) is 56.7 Å². The van der Waals surface area contributed by atoms with E-state index in [9.17, 15) is 23.5 Å². The molecule has 0 saturated heterocycles. The fraction of sp³-hybridized carbons (Fsp3) is 0.250. The van der Waals surface area contributed by atoms with Crippen LogP contribution in [0.15, 0.2) is 82.8 Å². The molecule has 0 aliphatic heterocycles. The monoisotopic (exact) mass is 655 g/mol. The molecule has 2 atom stereocenters. The number of aromatic nitrogens is 2. The van der Waals surface area contributed by atoms with Gasteiger partial charge in [0.2, 0.25) is 11.8 Å². The molecule has 1 aliphatic rings. The zero-order valence-electron chi connectivity index (χ0n) is 24.4. The molecule has 1 saturated carbocycles. The van der Waals surface area contributed by atoms with Crippen LogP contribution >= 0.6 is 23.5 Å². The van der Waals surface area contributed by atoms with Gasteiger partial charge in [-0.05, 0) is 86.7 Å². The number of thioether (sulfide) groups is 2. The highest BCUT2D eigenvalue weighted by molar-refractivity contribution is 7.98. The highest BCUT2D eigenvalue weighted by Gasteiger charge is 2.24. The number of aliphatic hydroxyl groups is 1. The lowest BCUT2D eigenvalue weighted by Gasteiger charge is -2.26. The molecule has 1 amide bonds. The number of carbonyl (C=O) groups excluding carboxylic acids is 1. The van der Waals surface area contributed by atoms with Gasteiger partial charge in [-0.1, -0.05) is 12.1 Å². The minimum absolute atomic E-state index is 0.0413. The molecule has 0 bridgehead atoms. The van der Waals surface area contributed by atoms with Crippen LogP contribution in [-0.2, 0) is 0 Å². The van der Waals surface area contributed by atoms with Crippen LogP contribution in [0.2, 0.25) is 0 Å². The number of carboxylic acid groups (broad SMARTS) is 1. The number of benzene rings is 2. The largest absolute Gasteiger partial charge is 0.477 e. The summed E-state index contributed by atoms with van der Waals surface area (Å²) in [6.45, 7) is 0. The summed E-state index contributed by atoms with van der Waals surface area (Å²) in [6.07, 6.45) is 8.27. The van der Waals surface area contributed by atoms with E-state index in [1.807, 2.05) is 36.8 Å². The molecule has 236 valence electrons. The summed E-state index contributed by atoms with van der Waals surface area (Å²) < 4.78 is 37.8. The van der Waals surface area contributed by atoms with Crippen molar-refractivity contribution in [3.63, 3.8) is 0 Å². The minimum atomic E-state index is -1.29. The van der Waals surface area contributed by atoms with E-state index in [2.05, 4.69) is 15.3 Å². The van der Waals surface area contributed by atoms with Crippen molar-refractivity contribution in [3.05, 3.63) is 95.8 Å². The van der Waals surface area contributed by atoms with Gasteiger partial charge in [0.05, 0.1) is 18.5 Å². The first-order chi connectivity index (χ1) is 21.6. The van der Waals surface area contributed by atoms with E-state index in [1.165, 1.54) is 11.8 Å². The molecule has 1 aliphatic carbocycles. The number of hydrogen-bond acceptors (Lipinski definition) is 9. The van der Waals surface area contributed by atoms with Crippen molar-refractivity contribution in [2.24, 2.45) is 0 Å². The second kappa shape index (κ2) is 16.2. The topological polar surface area (TPSA) is 131 Å². The number of carbonyl (C=O) groups is 2. The SMILES string of the molecule is CSc1cccc(Oc2ncc(F)cc2C(=O)NC2CCCC(O)C2)c1.CSc1cccc(Oc2ncc(F)cc2C(=O)O)c1. The number of hydrogen-bond donors (Lipinski definition) is 3. The maximum atomic E-state index is 13.7. The Balaban J connectivity index is 0.000000215. The molecular formula is C32H31F2N3O6S2. The minimum Gasteiger partial charge on any atom is -0.477 e. The lowest BCUT2D eigenvalue weighted by molar-refractivity contribution is 0.0691. The Kier molecular flexibility index (Phi) is 12.1. The highest BCUT2D eigenvalue weighted by atomic mass is 32.2. The van der Waals surface area contributed by atoms with Gasteiger partial charge in [0.15, 0.2) is 0 Å². The zero-order valence-corrected chi connectivity index (χ0v) is 26.0. The molecule has 13 heteroatoms. The number of carboxylic acids is 1. The average Bonchev–Trinajstić information content (AvgIpc) is 3.03. The van der Waals surface area contributed by atoms with Gasteiger partial charge in [0.1, 0.15) is 34.3 Å². The van der Waals surface area contributed by atoms with E-state index >= 15 is 0 Å². The van der Waals surface area contributed by atoms with E-state index in [4.69, 9.17) is 14.6 Å². The van der Waals surface area contributed by atoms with E-state index in [0.717, 1.165) is 53.6 Å². The maximum Gasteiger partial charge on any atom is 0.341 e. The molecule has 1 fully saturated rings. The van der Waals surface area contributed by atoms with Crippen LogP contribution in [0.5, 0.6) is 23.3 Å². The van der Waals surface area contributed by atoms with E-state index in [-0.39, 0.29) is 28.9 Å². The number of amides is 1. The molecule has 2 aromatic carbocycles. The first-order valence-corrected chi connectivity index (χ1v) is 16.3. The molecule has 2 unspecified atom stereocenters. The fourth-order valence-corrected chi connectivity index (χ4v) is 5.34. The van der Waals surface area contributed by atoms with E-state index in [0.29, 0.717) is 17.9 Å². The smallest absolute Gasteiger partial charge is 0.341 e. The van der Waals surface area contributed by atoms with Crippen molar-refractivity contribution in [1.29, 1.82) is 0 Å². The molecule has 0 spiro atoms. The predicted molar refractivity (Wildman–Crippen MR) is 168 cm³/mol. The molecule has 2 heterocycles. The van der Waals surface area contributed by atoms with Gasteiger partial charge < -0.3 is 25.0 Å². The lowest BCUT2D eigenvalue weighted by atomic mass is 9.93. The Morgan fingerprint density at radius 1 is 0.844 bits per heavy atom. The third-order valence-electron chi connectivity index (χ3n) is 6.60. The first-order valence-electron chi connectivity index (χ1n) is 13.8. The van der Waals surface area contributed by atoms with Gasteiger partial charge in [-0.15, -0.1) is 23.5 Å². The molecule has 3 N–H and O–H groups in total. The Bertz CT molecular complexity index is 1640. The van der Waals surface area contributed by atoms with Gasteiger partial charge in [0.25, 0.3) is 5.91 Å². The van der Waals surface area contributed by atoms with Crippen molar-refractivity contribution >= 4 is 35.4 Å². The predicted octanol–water partition coefficient (Wildman–Crippen LogP) is 7.20. The summed E-state index contributed by atoms with van der Waals surface area (Å²) in [5, 5.41) is 21.6. The summed E-state index contributed by atoms with van der Waals surface area (Å²) in [5.41, 5.74) is -0.269. The van der Waals surface area contributed by atoms with Crippen molar-refractivity contribution < 1.29 is 38.1 Å². The van der Waals surface area contributed by atoms with Crippen molar-refractivity contribution in [2.75, 3.05) is 12.5 Å². The molecular weight excluding hydrogens is 624 g/mol. The van der Waals surface area contributed by atoms with Crippen molar-refractivity contribution in [1.82, 2.24) is 15.3 Å². The number of aliphatic hydroxyl groups excluding tert-OH is 1. The average molecular weight is 656 g/mol. The van der Waals surface area contributed by atoms with E-state index in [1.54, 1.807) is 36.0 Å². The van der Waals surface area contributed by atoms with Crippen molar-refractivity contribution in [3.8, 4) is 23.3 Å². The van der Waals surface area contributed by atoms with Gasteiger partial charge in [0, 0.05) is 15.8 Å². The number of pyridine rings is 2. The lowest BCUT2D eigenvalue weighted by Crippen LogP contribution is -2.39. The summed E-state index contributed by atoms with van der Waals surface area (Å²) in [6, 6.07) is 16.3. The summed E-state index contributed by atoms with van der Waals surface area (Å²) >= 11 is 3.10. The third kappa shape index (κ3) is 9.90. The van der Waals surface area contributed by atoms with Crippen LogP contribution in [0.3, 0.4) is 0 Å². The Morgan fingerprint density at radius 2 is 1.38 bits per heavy atom.